The molecule has 0 radical (unpaired) electrons. The summed E-state index contributed by atoms with van der Waals surface area (Å²) in [4.78, 5) is 11.8. The highest BCUT2D eigenvalue weighted by Crippen LogP contribution is 2.27. The van der Waals surface area contributed by atoms with Crippen LogP contribution in [-0.2, 0) is 4.79 Å². The molecule has 16 heavy (non-hydrogen) atoms. The van der Waals surface area contributed by atoms with Crippen LogP contribution in [0.5, 0.6) is 0 Å². The maximum absolute atomic E-state index is 11.8. The Kier molecular flexibility index (Phi) is 7.00. The van der Waals surface area contributed by atoms with Gasteiger partial charge in [0.15, 0.2) is 0 Å². The van der Waals surface area contributed by atoms with Crippen molar-refractivity contribution in [2.75, 3.05) is 0 Å². The first-order valence-corrected chi connectivity index (χ1v) is 6.08. The Labute approximate surface area is 105 Å². The van der Waals surface area contributed by atoms with Crippen molar-refractivity contribution in [1.82, 2.24) is 5.32 Å². The van der Waals surface area contributed by atoms with Crippen LogP contribution in [0.4, 0.5) is 0 Å². The summed E-state index contributed by atoms with van der Waals surface area (Å²) >= 11 is 0. The molecule has 4 heteroatoms. The van der Waals surface area contributed by atoms with Crippen molar-refractivity contribution in [2.24, 2.45) is 17.6 Å². The van der Waals surface area contributed by atoms with E-state index < -0.39 is 0 Å². The van der Waals surface area contributed by atoms with Gasteiger partial charge in [0.2, 0.25) is 5.91 Å². The molecule has 1 aliphatic carbocycles. The van der Waals surface area contributed by atoms with Crippen molar-refractivity contribution >= 4 is 18.3 Å². The van der Waals surface area contributed by atoms with E-state index in [4.69, 9.17) is 5.73 Å². The molecule has 3 N–H and O–H groups in total. The van der Waals surface area contributed by atoms with Crippen LogP contribution >= 0.6 is 12.4 Å². The minimum atomic E-state index is -0.0890. The molecular weight excluding hydrogens is 224 g/mol. The largest absolute Gasteiger partial charge is 0.353 e. The Hall–Kier alpha value is -0.280. The average Bonchev–Trinajstić information content (AvgIpc) is 2.68. The third-order valence-electron chi connectivity index (χ3n) is 3.68. The second kappa shape index (κ2) is 7.13. The smallest absolute Gasteiger partial charge is 0.224 e. The fourth-order valence-electron chi connectivity index (χ4n) is 2.17. The summed E-state index contributed by atoms with van der Waals surface area (Å²) in [6.07, 6.45) is 5.14. The zero-order valence-electron chi connectivity index (χ0n) is 10.5. The number of carbonyl (C=O) groups excluding carboxylic acids is 1. The SMILES string of the molecule is CC(N)C(C)C(=O)NC(C)C1CCCC1.Cl. The van der Waals surface area contributed by atoms with Crippen molar-refractivity contribution in [3.63, 3.8) is 0 Å². The van der Waals surface area contributed by atoms with Crippen LogP contribution < -0.4 is 11.1 Å². The standard InChI is InChI=1S/C12H24N2O.ClH/c1-8(9(2)13)12(15)14-10(3)11-6-4-5-7-11;/h8-11H,4-7,13H2,1-3H3,(H,14,15);1H. The number of hydrogen-bond donors (Lipinski definition) is 2. The summed E-state index contributed by atoms with van der Waals surface area (Å²) in [6.45, 7) is 5.88. The van der Waals surface area contributed by atoms with Gasteiger partial charge in [-0.2, -0.15) is 0 Å². The van der Waals surface area contributed by atoms with Gasteiger partial charge in [0, 0.05) is 18.0 Å². The van der Waals surface area contributed by atoms with E-state index in [1.165, 1.54) is 25.7 Å². The Morgan fingerprint density at radius 2 is 1.75 bits per heavy atom. The van der Waals surface area contributed by atoms with Gasteiger partial charge in [-0.1, -0.05) is 19.8 Å². The van der Waals surface area contributed by atoms with E-state index in [0.717, 1.165) is 0 Å². The van der Waals surface area contributed by atoms with Crippen LogP contribution in [0.15, 0.2) is 0 Å². The highest BCUT2D eigenvalue weighted by molar-refractivity contribution is 5.85. The highest BCUT2D eigenvalue weighted by Gasteiger charge is 2.25. The minimum Gasteiger partial charge on any atom is -0.353 e. The summed E-state index contributed by atoms with van der Waals surface area (Å²) in [6, 6.07) is 0.238. The lowest BCUT2D eigenvalue weighted by Crippen LogP contribution is -2.44. The number of amides is 1. The van der Waals surface area contributed by atoms with E-state index in [-0.39, 0.29) is 30.3 Å². The van der Waals surface area contributed by atoms with Crippen LogP contribution in [0.25, 0.3) is 0 Å². The molecule has 0 bridgehead atoms. The number of nitrogens with two attached hydrogens (primary N) is 1. The predicted molar refractivity (Wildman–Crippen MR) is 69.6 cm³/mol. The van der Waals surface area contributed by atoms with E-state index >= 15 is 0 Å². The molecule has 3 nitrogen and oxygen atoms in total. The summed E-state index contributed by atoms with van der Waals surface area (Å²) < 4.78 is 0. The quantitative estimate of drug-likeness (QED) is 0.801. The Morgan fingerprint density at radius 1 is 1.25 bits per heavy atom. The molecule has 1 amide bonds. The molecule has 0 saturated heterocycles. The van der Waals surface area contributed by atoms with Crippen molar-refractivity contribution in [3.05, 3.63) is 0 Å². The highest BCUT2D eigenvalue weighted by atomic mass is 35.5. The molecule has 0 aliphatic heterocycles. The molecule has 1 rings (SSSR count). The zero-order chi connectivity index (χ0) is 11.4. The lowest BCUT2D eigenvalue weighted by atomic mass is 9.97. The number of rotatable bonds is 4. The van der Waals surface area contributed by atoms with Crippen LogP contribution in [-0.4, -0.2) is 18.0 Å². The van der Waals surface area contributed by atoms with Gasteiger partial charge < -0.3 is 11.1 Å². The summed E-state index contributed by atoms with van der Waals surface area (Å²) in [7, 11) is 0. The average molecular weight is 249 g/mol. The van der Waals surface area contributed by atoms with Crippen molar-refractivity contribution in [1.29, 1.82) is 0 Å². The van der Waals surface area contributed by atoms with E-state index in [9.17, 15) is 4.79 Å². The molecular formula is C12H25ClN2O. The van der Waals surface area contributed by atoms with Gasteiger partial charge in [-0.25, -0.2) is 0 Å². The molecule has 0 aromatic rings. The number of hydrogen-bond acceptors (Lipinski definition) is 2. The molecule has 0 spiro atoms. The van der Waals surface area contributed by atoms with Crippen molar-refractivity contribution < 1.29 is 4.79 Å². The molecule has 96 valence electrons. The Bertz CT molecular complexity index is 215. The van der Waals surface area contributed by atoms with E-state index in [0.29, 0.717) is 12.0 Å². The van der Waals surface area contributed by atoms with E-state index in [2.05, 4.69) is 12.2 Å². The van der Waals surface area contributed by atoms with Gasteiger partial charge in [-0.3, -0.25) is 4.79 Å². The zero-order valence-corrected chi connectivity index (χ0v) is 11.3. The monoisotopic (exact) mass is 248 g/mol. The van der Waals surface area contributed by atoms with Crippen LogP contribution in [0.1, 0.15) is 46.5 Å². The number of halogens is 1. The maximum Gasteiger partial charge on any atom is 0.224 e. The third-order valence-corrected chi connectivity index (χ3v) is 3.68. The van der Waals surface area contributed by atoms with E-state index in [1.54, 1.807) is 0 Å². The molecule has 3 atom stereocenters. The molecule has 1 aliphatic rings. The first kappa shape index (κ1) is 15.7. The topological polar surface area (TPSA) is 55.1 Å². The van der Waals surface area contributed by atoms with Crippen LogP contribution in [0.3, 0.4) is 0 Å². The molecule has 0 heterocycles. The third kappa shape index (κ3) is 4.30. The Morgan fingerprint density at radius 3 is 2.19 bits per heavy atom. The van der Waals surface area contributed by atoms with Gasteiger partial charge in [-0.15, -0.1) is 12.4 Å². The van der Waals surface area contributed by atoms with Crippen LogP contribution in [0.2, 0.25) is 0 Å². The lowest BCUT2D eigenvalue weighted by Gasteiger charge is -2.23. The Balaban J connectivity index is 0.00000225. The maximum atomic E-state index is 11.8. The number of nitrogens with one attached hydrogen (secondary N) is 1. The van der Waals surface area contributed by atoms with Gasteiger partial charge in [0.25, 0.3) is 0 Å². The van der Waals surface area contributed by atoms with Gasteiger partial charge >= 0.3 is 0 Å². The van der Waals surface area contributed by atoms with Crippen molar-refractivity contribution in [3.8, 4) is 0 Å². The molecule has 1 fully saturated rings. The lowest BCUT2D eigenvalue weighted by molar-refractivity contribution is -0.125. The van der Waals surface area contributed by atoms with Gasteiger partial charge in [-0.05, 0) is 32.6 Å². The molecule has 0 aromatic carbocycles. The van der Waals surface area contributed by atoms with Crippen LogP contribution in [0, 0.1) is 11.8 Å². The summed E-state index contributed by atoms with van der Waals surface area (Å²) in [5.41, 5.74) is 5.71. The van der Waals surface area contributed by atoms with Crippen molar-refractivity contribution in [2.45, 2.75) is 58.5 Å². The van der Waals surface area contributed by atoms with E-state index in [1.807, 2.05) is 13.8 Å². The number of carbonyl (C=O) groups is 1. The minimum absolute atomic E-state index is 0. The second-order valence-electron chi connectivity index (χ2n) is 4.99. The molecule has 0 aromatic heterocycles. The second-order valence-corrected chi connectivity index (χ2v) is 4.99. The molecule has 3 unspecified atom stereocenters. The summed E-state index contributed by atoms with van der Waals surface area (Å²) in [5, 5.41) is 3.08. The summed E-state index contributed by atoms with van der Waals surface area (Å²) in [5.74, 6) is 0.687. The normalized spacial score (nSPS) is 22.0. The fraction of sp³-hybridized carbons (Fsp3) is 0.917. The van der Waals surface area contributed by atoms with Gasteiger partial charge in [0.05, 0.1) is 0 Å². The first-order valence-electron chi connectivity index (χ1n) is 6.08. The predicted octanol–water partition coefficient (Wildman–Crippen LogP) is 2.09. The van der Waals surface area contributed by atoms with Gasteiger partial charge in [0.1, 0.15) is 0 Å². The first-order chi connectivity index (χ1) is 7.02. The fourth-order valence-corrected chi connectivity index (χ4v) is 2.17. The molecule has 1 saturated carbocycles.